The van der Waals surface area contributed by atoms with Crippen molar-refractivity contribution in [3.8, 4) is 5.75 Å². The van der Waals surface area contributed by atoms with Gasteiger partial charge in [-0.05, 0) is 51.0 Å². The minimum absolute atomic E-state index is 0.233. The van der Waals surface area contributed by atoms with E-state index in [-0.39, 0.29) is 6.10 Å². The number of benzene rings is 1. The molecule has 0 aliphatic heterocycles. The lowest BCUT2D eigenvalue weighted by molar-refractivity contribution is 0.242. The van der Waals surface area contributed by atoms with E-state index in [9.17, 15) is 0 Å². The predicted molar refractivity (Wildman–Crippen MR) is 71.7 cm³/mol. The molecule has 2 N–H and O–H groups in total. The summed E-state index contributed by atoms with van der Waals surface area (Å²) in [4.78, 5) is 0. The molecule has 1 fully saturated rings. The van der Waals surface area contributed by atoms with Crippen molar-refractivity contribution < 1.29 is 4.74 Å². The van der Waals surface area contributed by atoms with Crippen LogP contribution in [0.5, 0.6) is 5.75 Å². The smallest absolute Gasteiger partial charge is 0.119 e. The summed E-state index contributed by atoms with van der Waals surface area (Å²) in [6, 6.07) is 8.94. The van der Waals surface area contributed by atoms with Crippen LogP contribution in [0, 0.1) is 0 Å². The zero-order chi connectivity index (χ0) is 12.1. The van der Waals surface area contributed by atoms with Crippen molar-refractivity contribution in [2.75, 3.05) is 18.4 Å². The van der Waals surface area contributed by atoms with E-state index in [0.717, 1.165) is 30.6 Å². The van der Waals surface area contributed by atoms with Crippen LogP contribution >= 0.6 is 0 Å². The average Bonchev–Trinajstić information content (AvgIpc) is 3.10. The molecule has 0 aromatic heterocycles. The molecule has 0 heterocycles. The van der Waals surface area contributed by atoms with E-state index in [1.54, 1.807) is 0 Å². The Kier molecular flexibility index (Phi) is 4.26. The SMILES string of the molecule is CC(C)Oc1ccc(NCCNC2CC2)cc1. The maximum Gasteiger partial charge on any atom is 0.119 e. The number of anilines is 1. The van der Waals surface area contributed by atoms with Gasteiger partial charge in [0, 0.05) is 24.8 Å². The molecule has 1 saturated carbocycles. The lowest BCUT2D eigenvalue weighted by atomic mass is 10.3. The van der Waals surface area contributed by atoms with Gasteiger partial charge in [-0.25, -0.2) is 0 Å². The maximum atomic E-state index is 5.59. The number of ether oxygens (including phenoxy) is 1. The van der Waals surface area contributed by atoms with Gasteiger partial charge in [-0.3, -0.25) is 0 Å². The van der Waals surface area contributed by atoms with Crippen molar-refractivity contribution in [2.45, 2.75) is 38.8 Å². The van der Waals surface area contributed by atoms with Gasteiger partial charge < -0.3 is 15.4 Å². The Balaban J connectivity index is 1.69. The average molecular weight is 234 g/mol. The van der Waals surface area contributed by atoms with Gasteiger partial charge in [-0.15, -0.1) is 0 Å². The highest BCUT2D eigenvalue weighted by Crippen LogP contribution is 2.18. The van der Waals surface area contributed by atoms with E-state index in [1.807, 2.05) is 26.0 Å². The third-order valence-electron chi connectivity index (χ3n) is 2.69. The van der Waals surface area contributed by atoms with Crippen LogP contribution in [0.2, 0.25) is 0 Å². The van der Waals surface area contributed by atoms with Crippen LogP contribution in [0.15, 0.2) is 24.3 Å². The highest BCUT2D eigenvalue weighted by molar-refractivity contribution is 5.46. The van der Waals surface area contributed by atoms with E-state index in [0.29, 0.717) is 0 Å². The van der Waals surface area contributed by atoms with Crippen LogP contribution in [-0.2, 0) is 0 Å². The van der Waals surface area contributed by atoms with Gasteiger partial charge in [0.25, 0.3) is 0 Å². The number of hydrogen-bond donors (Lipinski definition) is 2. The molecule has 0 bridgehead atoms. The molecule has 0 amide bonds. The summed E-state index contributed by atoms with van der Waals surface area (Å²) in [5.74, 6) is 0.932. The first-order valence-corrected chi connectivity index (χ1v) is 6.48. The summed E-state index contributed by atoms with van der Waals surface area (Å²) in [7, 11) is 0. The molecule has 3 heteroatoms. The summed E-state index contributed by atoms with van der Waals surface area (Å²) in [5, 5.41) is 6.87. The van der Waals surface area contributed by atoms with Crippen molar-refractivity contribution in [3.05, 3.63) is 24.3 Å². The molecule has 17 heavy (non-hydrogen) atoms. The van der Waals surface area contributed by atoms with E-state index < -0.39 is 0 Å². The zero-order valence-electron chi connectivity index (χ0n) is 10.7. The Labute approximate surface area is 104 Å². The van der Waals surface area contributed by atoms with Crippen LogP contribution < -0.4 is 15.4 Å². The number of nitrogens with one attached hydrogen (secondary N) is 2. The number of rotatable bonds is 7. The quantitative estimate of drug-likeness (QED) is 0.712. The third kappa shape index (κ3) is 4.65. The first kappa shape index (κ1) is 12.2. The van der Waals surface area contributed by atoms with E-state index in [1.165, 1.54) is 12.8 Å². The largest absolute Gasteiger partial charge is 0.491 e. The minimum atomic E-state index is 0.233. The summed E-state index contributed by atoms with van der Waals surface area (Å²) in [6.45, 7) is 6.08. The standard InChI is InChI=1S/C14H22N2O/c1-11(2)17-14-7-5-13(6-8-14)16-10-9-15-12-3-4-12/h5-8,11-12,15-16H,3-4,9-10H2,1-2H3. The molecule has 94 valence electrons. The summed E-state index contributed by atoms with van der Waals surface area (Å²) < 4.78 is 5.59. The van der Waals surface area contributed by atoms with Crippen molar-refractivity contribution >= 4 is 5.69 Å². The normalized spacial score (nSPS) is 15.0. The number of hydrogen-bond acceptors (Lipinski definition) is 3. The van der Waals surface area contributed by atoms with E-state index in [2.05, 4.69) is 22.8 Å². The van der Waals surface area contributed by atoms with Crippen LogP contribution in [0.4, 0.5) is 5.69 Å². The molecule has 1 aromatic carbocycles. The van der Waals surface area contributed by atoms with Crippen molar-refractivity contribution in [1.29, 1.82) is 0 Å². The fourth-order valence-electron chi connectivity index (χ4n) is 1.69. The van der Waals surface area contributed by atoms with Gasteiger partial charge in [0.15, 0.2) is 0 Å². The minimum Gasteiger partial charge on any atom is -0.491 e. The molecule has 0 saturated heterocycles. The van der Waals surface area contributed by atoms with Gasteiger partial charge in [0.1, 0.15) is 5.75 Å². The van der Waals surface area contributed by atoms with Crippen molar-refractivity contribution in [1.82, 2.24) is 5.32 Å². The van der Waals surface area contributed by atoms with Gasteiger partial charge >= 0.3 is 0 Å². The Hall–Kier alpha value is -1.22. The molecule has 1 aliphatic carbocycles. The molecule has 0 unspecified atom stereocenters. The Morgan fingerprint density at radius 2 is 1.88 bits per heavy atom. The second kappa shape index (κ2) is 5.92. The van der Waals surface area contributed by atoms with Crippen LogP contribution in [0.25, 0.3) is 0 Å². The van der Waals surface area contributed by atoms with Gasteiger partial charge in [0.2, 0.25) is 0 Å². The topological polar surface area (TPSA) is 33.3 Å². The first-order chi connectivity index (χ1) is 8.24. The fraction of sp³-hybridized carbons (Fsp3) is 0.571. The summed E-state index contributed by atoms with van der Waals surface area (Å²) in [6.07, 6.45) is 2.93. The van der Waals surface area contributed by atoms with E-state index in [4.69, 9.17) is 4.74 Å². The third-order valence-corrected chi connectivity index (χ3v) is 2.69. The molecule has 0 atom stereocenters. The van der Waals surface area contributed by atoms with Crippen molar-refractivity contribution in [3.63, 3.8) is 0 Å². The Bertz CT molecular complexity index is 331. The highest BCUT2D eigenvalue weighted by atomic mass is 16.5. The molecule has 0 radical (unpaired) electrons. The molecule has 0 spiro atoms. The molecule has 2 rings (SSSR count). The molecule has 3 nitrogen and oxygen atoms in total. The molecular weight excluding hydrogens is 212 g/mol. The van der Waals surface area contributed by atoms with Gasteiger partial charge in [-0.2, -0.15) is 0 Å². The first-order valence-electron chi connectivity index (χ1n) is 6.48. The van der Waals surface area contributed by atoms with Crippen LogP contribution in [-0.4, -0.2) is 25.2 Å². The second-order valence-electron chi connectivity index (χ2n) is 4.85. The second-order valence-corrected chi connectivity index (χ2v) is 4.85. The molecule has 1 aromatic rings. The Morgan fingerprint density at radius 1 is 1.18 bits per heavy atom. The monoisotopic (exact) mass is 234 g/mol. The van der Waals surface area contributed by atoms with E-state index >= 15 is 0 Å². The van der Waals surface area contributed by atoms with Gasteiger partial charge in [0.05, 0.1) is 6.10 Å². The summed E-state index contributed by atoms with van der Waals surface area (Å²) >= 11 is 0. The van der Waals surface area contributed by atoms with Crippen molar-refractivity contribution in [2.24, 2.45) is 0 Å². The maximum absolute atomic E-state index is 5.59. The van der Waals surface area contributed by atoms with Gasteiger partial charge in [-0.1, -0.05) is 0 Å². The summed E-state index contributed by atoms with van der Waals surface area (Å²) in [5.41, 5.74) is 1.15. The highest BCUT2D eigenvalue weighted by Gasteiger charge is 2.19. The molecular formula is C14H22N2O. The van der Waals surface area contributed by atoms with Crippen LogP contribution in [0.3, 0.4) is 0 Å². The fourth-order valence-corrected chi connectivity index (χ4v) is 1.69. The predicted octanol–water partition coefficient (Wildman–Crippen LogP) is 2.64. The zero-order valence-corrected chi connectivity index (χ0v) is 10.7. The molecule has 1 aliphatic rings. The Morgan fingerprint density at radius 3 is 2.47 bits per heavy atom. The lowest BCUT2D eigenvalue weighted by Gasteiger charge is -2.11. The van der Waals surface area contributed by atoms with Crippen LogP contribution in [0.1, 0.15) is 26.7 Å². The lowest BCUT2D eigenvalue weighted by Crippen LogP contribution is -2.23.